The number of aryl methyl sites for hydroxylation is 2. The molecule has 0 aliphatic heterocycles. The van der Waals surface area contributed by atoms with Crippen LogP contribution < -0.4 is 0 Å². The molecule has 0 fully saturated rings. The first kappa shape index (κ1) is 15.8. The fourth-order valence-corrected chi connectivity index (χ4v) is 2.73. The SMILES string of the molecule is Cc1cc(C(C)(C)C)cc(C)c1CC(O)c1ccccc1. The Bertz CT molecular complexity index is 582. The zero-order valence-electron chi connectivity index (χ0n) is 13.8. The van der Waals surface area contributed by atoms with Crippen molar-refractivity contribution >= 4 is 0 Å². The van der Waals surface area contributed by atoms with Gasteiger partial charge in [-0.25, -0.2) is 0 Å². The largest absolute Gasteiger partial charge is 0.388 e. The van der Waals surface area contributed by atoms with E-state index in [2.05, 4.69) is 46.8 Å². The van der Waals surface area contributed by atoms with E-state index in [0.29, 0.717) is 6.42 Å². The monoisotopic (exact) mass is 282 g/mol. The van der Waals surface area contributed by atoms with Crippen molar-refractivity contribution < 1.29 is 5.11 Å². The number of hydrogen-bond acceptors (Lipinski definition) is 1. The molecule has 0 radical (unpaired) electrons. The molecular formula is C20H26O. The molecule has 1 atom stereocenters. The van der Waals surface area contributed by atoms with Crippen molar-refractivity contribution in [3.05, 3.63) is 70.3 Å². The topological polar surface area (TPSA) is 20.2 Å². The molecule has 2 aromatic rings. The van der Waals surface area contributed by atoms with Crippen LogP contribution in [0.25, 0.3) is 0 Å². The highest BCUT2D eigenvalue weighted by atomic mass is 16.3. The van der Waals surface area contributed by atoms with Crippen molar-refractivity contribution in [2.75, 3.05) is 0 Å². The molecular weight excluding hydrogens is 256 g/mol. The van der Waals surface area contributed by atoms with Crippen molar-refractivity contribution in [1.29, 1.82) is 0 Å². The van der Waals surface area contributed by atoms with Gasteiger partial charge in [-0.15, -0.1) is 0 Å². The van der Waals surface area contributed by atoms with Gasteiger partial charge in [0.25, 0.3) is 0 Å². The minimum absolute atomic E-state index is 0.159. The third kappa shape index (κ3) is 3.74. The molecule has 0 bridgehead atoms. The maximum Gasteiger partial charge on any atom is 0.0830 e. The molecule has 21 heavy (non-hydrogen) atoms. The van der Waals surface area contributed by atoms with E-state index in [4.69, 9.17) is 0 Å². The third-order valence-corrected chi connectivity index (χ3v) is 4.14. The lowest BCUT2D eigenvalue weighted by Gasteiger charge is -2.23. The molecule has 1 unspecified atom stereocenters. The van der Waals surface area contributed by atoms with Gasteiger partial charge in [-0.3, -0.25) is 0 Å². The normalized spacial score (nSPS) is 13.2. The van der Waals surface area contributed by atoms with Crippen molar-refractivity contribution in [3.8, 4) is 0 Å². The lowest BCUT2D eigenvalue weighted by atomic mass is 9.83. The molecule has 0 aromatic heterocycles. The Hall–Kier alpha value is -1.60. The lowest BCUT2D eigenvalue weighted by molar-refractivity contribution is 0.178. The van der Waals surface area contributed by atoms with Gasteiger partial charge >= 0.3 is 0 Å². The first-order chi connectivity index (χ1) is 9.79. The number of rotatable bonds is 3. The average Bonchev–Trinajstić information content (AvgIpc) is 2.42. The summed E-state index contributed by atoms with van der Waals surface area (Å²) in [5, 5.41) is 10.5. The van der Waals surface area contributed by atoms with Crippen LogP contribution in [0.15, 0.2) is 42.5 Å². The van der Waals surface area contributed by atoms with Crippen molar-refractivity contribution in [3.63, 3.8) is 0 Å². The van der Waals surface area contributed by atoms with E-state index in [1.54, 1.807) is 0 Å². The molecule has 0 saturated carbocycles. The zero-order valence-corrected chi connectivity index (χ0v) is 13.8. The van der Waals surface area contributed by atoms with Gasteiger partial charge < -0.3 is 5.11 Å². The van der Waals surface area contributed by atoms with Gasteiger partial charge in [0.05, 0.1) is 6.10 Å². The highest BCUT2D eigenvalue weighted by Gasteiger charge is 2.18. The van der Waals surface area contributed by atoms with Gasteiger partial charge in [-0.1, -0.05) is 63.2 Å². The fourth-order valence-electron chi connectivity index (χ4n) is 2.73. The molecule has 0 amide bonds. The summed E-state index contributed by atoms with van der Waals surface area (Å²) in [6.07, 6.45) is 0.232. The van der Waals surface area contributed by atoms with E-state index in [0.717, 1.165) is 5.56 Å². The standard InChI is InChI=1S/C20H26O/c1-14-11-17(20(3,4)5)12-15(2)18(14)13-19(21)16-9-7-6-8-10-16/h6-12,19,21H,13H2,1-5H3. The van der Waals surface area contributed by atoms with Crippen LogP contribution in [0, 0.1) is 13.8 Å². The lowest BCUT2D eigenvalue weighted by Crippen LogP contribution is -2.13. The Kier molecular flexibility index (Phi) is 4.53. The van der Waals surface area contributed by atoms with Crippen LogP contribution in [0.3, 0.4) is 0 Å². The third-order valence-electron chi connectivity index (χ3n) is 4.14. The number of benzene rings is 2. The smallest absolute Gasteiger partial charge is 0.0830 e. The number of aliphatic hydroxyl groups excluding tert-OH is 1. The second kappa shape index (κ2) is 6.03. The Balaban J connectivity index is 2.29. The predicted octanol–water partition coefficient (Wildman–Crippen LogP) is 4.88. The minimum Gasteiger partial charge on any atom is -0.388 e. The van der Waals surface area contributed by atoms with Gasteiger partial charge in [0.15, 0.2) is 0 Å². The Morgan fingerprint density at radius 3 is 1.95 bits per heavy atom. The zero-order chi connectivity index (χ0) is 15.6. The van der Waals surface area contributed by atoms with Gasteiger partial charge in [-0.2, -0.15) is 0 Å². The van der Waals surface area contributed by atoms with Crippen LogP contribution in [-0.4, -0.2) is 5.11 Å². The average molecular weight is 282 g/mol. The number of aliphatic hydroxyl groups is 1. The molecule has 0 aliphatic carbocycles. The molecule has 112 valence electrons. The van der Waals surface area contributed by atoms with Gasteiger partial charge in [0.2, 0.25) is 0 Å². The quantitative estimate of drug-likeness (QED) is 0.851. The van der Waals surface area contributed by atoms with E-state index >= 15 is 0 Å². The molecule has 2 aromatic carbocycles. The minimum atomic E-state index is -0.441. The predicted molar refractivity (Wildman–Crippen MR) is 89.7 cm³/mol. The van der Waals surface area contributed by atoms with Crippen LogP contribution in [0.2, 0.25) is 0 Å². The fraction of sp³-hybridized carbons (Fsp3) is 0.400. The summed E-state index contributed by atoms with van der Waals surface area (Å²) < 4.78 is 0. The van der Waals surface area contributed by atoms with E-state index in [9.17, 15) is 5.11 Å². The molecule has 1 nitrogen and oxygen atoms in total. The molecule has 0 heterocycles. The maximum atomic E-state index is 10.5. The molecule has 0 aliphatic rings. The second-order valence-electron chi connectivity index (χ2n) is 6.97. The first-order valence-corrected chi connectivity index (χ1v) is 7.62. The molecule has 2 rings (SSSR count). The van der Waals surface area contributed by atoms with E-state index in [-0.39, 0.29) is 5.41 Å². The highest BCUT2D eigenvalue weighted by Crippen LogP contribution is 2.29. The maximum absolute atomic E-state index is 10.5. The summed E-state index contributed by atoms with van der Waals surface area (Å²) in [6, 6.07) is 14.4. The van der Waals surface area contributed by atoms with E-state index in [1.807, 2.05) is 30.3 Å². The summed E-state index contributed by atoms with van der Waals surface area (Å²) in [6.45, 7) is 11.0. The Labute approximate surface area is 128 Å². The summed E-state index contributed by atoms with van der Waals surface area (Å²) in [7, 11) is 0. The summed E-state index contributed by atoms with van der Waals surface area (Å²) in [4.78, 5) is 0. The summed E-state index contributed by atoms with van der Waals surface area (Å²) in [5.41, 5.74) is 6.31. The molecule has 1 N–H and O–H groups in total. The van der Waals surface area contributed by atoms with Gasteiger partial charge in [0.1, 0.15) is 0 Å². The van der Waals surface area contributed by atoms with Gasteiger partial charge in [-0.05, 0) is 47.1 Å². The van der Waals surface area contributed by atoms with Crippen LogP contribution in [0.1, 0.15) is 54.7 Å². The Morgan fingerprint density at radius 2 is 1.48 bits per heavy atom. The van der Waals surface area contributed by atoms with Crippen molar-refractivity contribution in [2.24, 2.45) is 0 Å². The van der Waals surface area contributed by atoms with Crippen molar-refractivity contribution in [1.82, 2.24) is 0 Å². The van der Waals surface area contributed by atoms with E-state index < -0.39 is 6.10 Å². The summed E-state index contributed by atoms with van der Waals surface area (Å²) in [5.74, 6) is 0. The highest BCUT2D eigenvalue weighted by molar-refractivity contribution is 5.41. The van der Waals surface area contributed by atoms with Crippen LogP contribution in [-0.2, 0) is 11.8 Å². The number of hydrogen-bond donors (Lipinski definition) is 1. The summed E-state index contributed by atoms with van der Waals surface area (Å²) >= 11 is 0. The second-order valence-corrected chi connectivity index (χ2v) is 6.97. The Morgan fingerprint density at radius 1 is 0.952 bits per heavy atom. The first-order valence-electron chi connectivity index (χ1n) is 7.62. The molecule has 0 spiro atoms. The molecule has 0 saturated heterocycles. The van der Waals surface area contributed by atoms with Crippen LogP contribution in [0.5, 0.6) is 0 Å². The van der Waals surface area contributed by atoms with Crippen LogP contribution >= 0.6 is 0 Å². The van der Waals surface area contributed by atoms with Gasteiger partial charge in [0, 0.05) is 6.42 Å². The van der Waals surface area contributed by atoms with E-state index in [1.165, 1.54) is 22.3 Å². The molecule has 1 heteroatoms. The van der Waals surface area contributed by atoms with Crippen LogP contribution in [0.4, 0.5) is 0 Å². The van der Waals surface area contributed by atoms with Crippen molar-refractivity contribution in [2.45, 2.75) is 52.6 Å².